The Kier molecular flexibility index (Phi) is 5.33. The van der Waals surface area contributed by atoms with Crippen molar-refractivity contribution in [2.45, 2.75) is 25.8 Å². The lowest BCUT2D eigenvalue weighted by atomic mass is 10.0. The average molecular weight is 459 g/mol. The van der Waals surface area contributed by atoms with E-state index < -0.39 is 11.6 Å². The highest BCUT2D eigenvalue weighted by molar-refractivity contribution is 6.30. The molecule has 1 saturated carbocycles. The van der Waals surface area contributed by atoms with Gasteiger partial charge in [0.05, 0.1) is 5.56 Å². The molecule has 3 aromatic rings. The Bertz CT molecular complexity index is 1210. The molecule has 1 N–H and O–H groups in total. The van der Waals surface area contributed by atoms with Gasteiger partial charge in [-0.05, 0) is 42.9 Å². The number of hydrogen-bond acceptors (Lipinski definition) is 3. The van der Waals surface area contributed by atoms with E-state index in [4.69, 9.17) is 11.6 Å². The summed E-state index contributed by atoms with van der Waals surface area (Å²) < 4.78 is 30.0. The predicted octanol–water partition coefficient (Wildman–Crippen LogP) is 4.10. The summed E-state index contributed by atoms with van der Waals surface area (Å²) in [7, 11) is 0. The van der Waals surface area contributed by atoms with Crippen LogP contribution in [0.5, 0.6) is 0 Å². The van der Waals surface area contributed by atoms with Crippen LogP contribution in [0.15, 0.2) is 41.2 Å². The summed E-state index contributed by atoms with van der Waals surface area (Å²) in [5.41, 5.74) is 0.512. The molecule has 0 spiro atoms. The van der Waals surface area contributed by atoms with E-state index in [1.165, 1.54) is 0 Å². The molecule has 0 radical (unpaired) electrons. The smallest absolute Gasteiger partial charge is 0.342 e. The van der Waals surface area contributed by atoms with E-state index in [2.05, 4.69) is 10.2 Å². The van der Waals surface area contributed by atoms with Gasteiger partial charge in [-0.2, -0.15) is 5.10 Å². The summed E-state index contributed by atoms with van der Waals surface area (Å²) in [4.78, 5) is 26.6. The first-order valence-electron chi connectivity index (χ1n) is 10.6. The molecule has 1 aromatic heterocycles. The van der Waals surface area contributed by atoms with Crippen molar-refractivity contribution < 1.29 is 13.6 Å². The normalized spacial score (nSPS) is 18.3. The van der Waals surface area contributed by atoms with Crippen LogP contribution < -0.4 is 5.69 Å². The van der Waals surface area contributed by atoms with Crippen LogP contribution in [0.2, 0.25) is 5.02 Å². The van der Waals surface area contributed by atoms with Crippen molar-refractivity contribution in [3.63, 3.8) is 0 Å². The van der Waals surface area contributed by atoms with Crippen LogP contribution in [0.3, 0.4) is 0 Å². The Labute approximate surface area is 187 Å². The number of aromatic nitrogens is 3. The second kappa shape index (κ2) is 8.16. The van der Waals surface area contributed by atoms with Crippen LogP contribution in [0.1, 0.15) is 19.3 Å². The van der Waals surface area contributed by atoms with E-state index in [-0.39, 0.29) is 34.0 Å². The molecule has 2 aliphatic rings. The molecule has 1 amide bonds. The minimum Gasteiger partial charge on any atom is -0.342 e. The van der Waals surface area contributed by atoms with Gasteiger partial charge in [0.15, 0.2) is 5.82 Å². The van der Waals surface area contributed by atoms with Crippen molar-refractivity contribution in [3.8, 4) is 22.5 Å². The van der Waals surface area contributed by atoms with Crippen LogP contribution >= 0.6 is 11.6 Å². The van der Waals surface area contributed by atoms with Gasteiger partial charge in [-0.1, -0.05) is 35.9 Å². The first-order valence-corrected chi connectivity index (χ1v) is 11.0. The number of nitrogens with zero attached hydrogens (tertiary/aromatic N) is 3. The van der Waals surface area contributed by atoms with Crippen LogP contribution in [0.25, 0.3) is 22.5 Å². The molecule has 1 unspecified atom stereocenters. The number of carbonyl (C=O) groups is 1. The quantitative estimate of drug-likeness (QED) is 0.626. The van der Waals surface area contributed by atoms with Crippen LogP contribution in [0, 0.1) is 23.5 Å². The van der Waals surface area contributed by atoms with Crippen LogP contribution in [0.4, 0.5) is 8.78 Å². The van der Waals surface area contributed by atoms with E-state index >= 15 is 0 Å². The van der Waals surface area contributed by atoms with Crippen LogP contribution in [-0.2, 0) is 11.3 Å². The SMILES string of the molecule is O=C(C1CC1)N1CCC(Cn2c(-c3ccc(-c4c(F)cc(Cl)cc4F)cc3)n[nH]c2=O)C1. The topological polar surface area (TPSA) is 71.0 Å². The average Bonchev–Trinajstić information content (AvgIpc) is 3.40. The Morgan fingerprint density at radius 3 is 2.41 bits per heavy atom. The highest BCUT2D eigenvalue weighted by atomic mass is 35.5. The number of carbonyl (C=O) groups excluding carboxylic acids is 1. The Morgan fingerprint density at radius 1 is 1.09 bits per heavy atom. The van der Waals surface area contributed by atoms with E-state index in [0.29, 0.717) is 30.0 Å². The zero-order valence-corrected chi connectivity index (χ0v) is 17.9. The third-order valence-electron chi connectivity index (χ3n) is 6.16. The van der Waals surface area contributed by atoms with Gasteiger partial charge in [-0.3, -0.25) is 9.36 Å². The number of rotatable bonds is 5. The molecule has 6 nitrogen and oxygen atoms in total. The molecule has 2 aromatic carbocycles. The van der Waals surface area contributed by atoms with Crippen molar-refractivity contribution in [1.82, 2.24) is 19.7 Å². The molecule has 166 valence electrons. The fourth-order valence-corrected chi connectivity index (χ4v) is 4.53. The summed E-state index contributed by atoms with van der Waals surface area (Å²) in [6.45, 7) is 1.80. The maximum atomic E-state index is 14.2. The first-order chi connectivity index (χ1) is 15.4. The molecule has 1 atom stereocenters. The summed E-state index contributed by atoms with van der Waals surface area (Å²) >= 11 is 5.70. The minimum atomic E-state index is -0.744. The largest absolute Gasteiger partial charge is 0.343 e. The fraction of sp³-hybridized carbons (Fsp3) is 0.348. The predicted molar refractivity (Wildman–Crippen MR) is 116 cm³/mol. The highest BCUT2D eigenvalue weighted by Crippen LogP contribution is 2.33. The molecule has 0 bridgehead atoms. The molecular weight excluding hydrogens is 438 g/mol. The lowest BCUT2D eigenvalue weighted by molar-refractivity contribution is -0.131. The van der Waals surface area contributed by atoms with Gasteiger partial charge in [0, 0.05) is 36.1 Å². The highest BCUT2D eigenvalue weighted by Gasteiger charge is 2.36. The molecule has 1 saturated heterocycles. The second-order valence-electron chi connectivity index (χ2n) is 8.50. The standard InChI is InChI=1S/C23H21ClF2N4O2/c24-17-9-18(25)20(19(26)10-17)14-1-3-15(4-2-14)21-27-28-23(32)30(21)12-13-7-8-29(11-13)22(31)16-5-6-16/h1-4,9-10,13,16H,5-8,11-12H2,(H,28,32). The summed E-state index contributed by atoms with van der Waals surface area (Å²) in [6, 6.07) is 8.65. The van der Waals surface area contributed by atoms with Gasteiger partial charge in [0.25, 0.3) is 0 Å². The van der Waals surface area contributed by atoms with Gasteiger partial charge < -0.3 is 4.90 Å². The molecular formula is C23H21ClF2N4O2. The minimum absolute atomic E-state index is 0.00906. The Hall–Kier alpha value is -3.00. The molecule has 2 fully saturated rings. The lowest BCUT2D eigenvalue weighted by Gasteiger charge is -2.16. The summed E-state index contributed by atoms with van der Waals surface area (Å²) in [5, 5.41) is 6.62. The third-order valence-corrected chi connectivity index (χ3v) is 6.38. The molecule has 1 aliphatic carbocycles. The summed E-state index contributed by atoms with van der Waals surface area (Å²) in [6.07, 6.45) is 2.79. The number of amides is 1. The molecule has 1 aliphatic heterocycles. The van der Waals surface area contributed by atoms with Crippen molar-refractivity contribution >= 4 is 17.5 Å². The third kappa shape index (κ3) is 3.95. The lowest BCUT2D eigenvalue weighted by Crippen LogP contribution is -2.31. The zero-order chi connectivity index (χ0) is 22.4. The van der Waals surface area contributed by atoms with E-state index in [1.807, 2.05) is 4.90 Å². The number of aromatic amines is 1. The summed E-state index contributed by atoms with van der Waals surface area (Å²) in [5.74, 6) is -0.454. The van der Waals surface area contributed by atoms with E-state index in [0.717, 1.165) is 37.9 Å². The number of benzene rings is 2. The second-order valence-corrected chi connectivity index (χ2v) is 8.93. The Balaban J connectivity index is 1.36. The van der Waals surface area contributed by atoms with E-state index in [9.17, 15) is 18.4 Å². The monoisotopic (exact) mass is 458 g/mol. The zero-order valence-electron chi connectivity index (χ0n) is 17.2. The number of likely N-dealkylation sites (tertiary alicyclic amines) is 1. The van der Waals surface area contributed by atoms with Gasteiger partial charge >= 0.3 is 5.69 Å². The molecule has 2 heterocycles. The number of nitrogens with one attached hydrogen (secondary N) is 1. The maximum absolute atomic E-state index is 14.2. The van der Waals surface area contributed by atoms with Crippen LogP contribution in [-0.4, -0.2) is 38.7 Å². The van der Waals surface area contributed by atoms with Gasteiger partial charge in [0.1, 0.15) is 11.6 Å². The van der Waals surface area contributed by atoms with Gasteiger partial charge in [-0.15, -0.1) is 0 Å². The number of H-pyrrole nitrogens is 1. The molecule has 32 heavy (non-hydrogen) atoms. The number of hydrogen-bond donors (Lipinski definition) is 1. The van der Waals surface area contributed by atoms with Gasteiger partial charge in [0.2, 0.25) is 5.91 Å². The fourth-order valence-electron chi connectivity index (χ4n) is 4.34. The maximum Gasteiger partial charge on any atom is 0.343 e. The van der Waals surface area contributed by atoms with E-state index in [1.54, 1.807) is 28.8 Å². The Morgan fingerprint density at radius 2 is 1.75 bits per heavy atom. The molecule has 9 heteroatoms. The van der Waals surface area contributed by atoms with Crippen molar-refractivity contribution in [2.24, 2.45) is 11.8 Å². The van der Waals surface area contributed by atoms with Crippen molar-refractivity contribution in [3.05, 3.63) is 63.5 Å². The van der Waals surface area contributed by atoms with Crippen molar-refractivity contribution in [2.75, 3.05) is 13.1 Å². The molecule has 5 rings (SSSR count). The first kappa shape index (κ1) is 20.9. The van der Waals surface area contributed by atoms with Gasteiger partial charge in [-0.25, -0.2) is 18.7 Å². The van der Waals surface area contributed by atoms with Crippen molar-refractivity contribution in [1.29, 1.82) is 0 Å². The number of halogens is 3.